The maximum Gasteiger partial charge on any atom is 0.129 e. The minimum Gasteiger partial charge on any atom is -0.496 e. The minimum atomic E-state index is -0.862. The molecule has 2 rings (SSSR count). The number of pyridine rings is 1. The van der Waals surface area contributed by atoms with Crippen LogP contribution in [0, 0.1) is 0 Å². The molecule has 0 saturated carbocycles. The third-order valence-corrected chi connectivity index (χ3v) is 2.99. The van der Waals surface area contributed by atoms with Crippen molar-refractivity contribution >= 4 is 23.2 Å². The number of aliphatic hydroxyl groups excluding tert-OH is 1. The van der Waals surface area contributed by atoms with Crippen molar-refractivity contribution in [3.63, 3.8) is 0 Å². The van der Waals surface area contributed by atoms with E-state index in [4.69, 9.17) is 27.9 Å². The molecule has 1 heterocycles. The van der Waals surface area contributed by atoms with Crippen LogP contribution < -0.4 is 4.74 Å². The quantitative estimate of drug-likeness (QED) is 0.877. The molecular formula is C13H11Cl2NO2. The molecule has 0 aliphatic rings. The molecule has 2 aromatic rings. The van der Waals surface area contributed by atoms with Gasteiger partial charge in [-0.25, -0.2) is 4.98 Å². The maximum absolute atomic E-state index is 10.3. The summed E-state index contributed by atoms with van der Waals surface area (Å²) in [4.78, 5) is 3.87. The monoisotopic (exact) mass is 283 g/mol. The fraction of sp³-hybridized carbons (Fsp3) is 0.154. The zero-order chi connectivity index (χ0) is 13.1. The Morgan fingerprint density at radius 1 is 1.22 bits per heavy atom. The van der Waals surface area contributed by atoms with E-state index in [1.54, 1.807) is 37.4 Å². The number of halogens is 2. The molecule has 5 heteroatoms. The van der Waals surface area contributed by atoms with Crippen LogP contribution in [0.3, 0.4) is 0 Å². The lowest BCUT2D eigenvalue weighted by molar-refractivity contribution is 0.214. The molecule has 0 amide bonds. The molecule has 1 aromatic heterocycles. The highest BCUT2D eigenvalue weighted by Gasteiger charge is 2.16. The average Bonchev–Trinajstić information content (AvgIpc) is 2.38. The third-order valence-electron chi connectivity index (χ3n) is 2.55. The predicted molar refractivity (Wildman–Crippen MR) is 71.3 cm³/mol. The summed E-state index contributed by atoms with van der Waals surface area (Å²) in [5.74, 6) is 0.569. The Morgan fingerprint density at radius 3 is 2.67 bits per heavy atom. The van der Waals surface area contributed by atoms with Crippen molar-refractivity contribution in [3.05, 3.63) is 57.8 Å². The molecule has 0 aliphatic heterocycles. The summed E-state index contributed by atoms with van der Waals surface area (Å²) in [6.07, 6.45) is 0.678. The van der Waals surface area contributed by atoms with Crippen LogP contribution in [0.4, 0.5) is 0 Å². The first-order valence-corrected chi connectivity index (χ1v) is 6.00. The van der Waals surface area contributed by atoms with Gasteiger partial charge in [-0.05, 0) is 35.9 Å². The fourth-order valence-corrected chi connectivity index (χ4v) is 2.05. The van der Waals surface area contributed by atoms with E-state index >= 15 is 0 Å². The molecule has 0 radical (unpaired) electrons. The van der Waals surface area contributed by atoms with Gasteiger partial charge in [-0.15, -0.1) is 0 Å². The van der Waals surface area contributed by atoms with Gasteiger partial charge in [0.2, 0.25) is 0 Å². The zero-order valence-electron chi connectivity index (χ0n) is 9.60. The summed E-state index contributed by atoms with van der Waals surface area (Å²) in [6, 6.07) is 8.38. The summed E-state index contributed by atoms with van der Waals surface area (Å²) in [6.45, 7) is 0. The first-order chi connectivity index (χ1) is 8.61. The number of hydrogen-bond acceptors (Lipinski definition) is 3. The van der Waals surface area contributed by atoms with E-state index in [1.165, 1.54) is 6.20 Å². The van der Waals surface area contributed by atoms with Crippen LogP contribution in [0.2, 0.25) is 10.2 Å². The normalized spacial score (nSPS) is 12.2. The van der Waals surface area contributed by atoms with E-state index in [2.05, 4.69) is 4.98 Å². The average molecular weight is 284 g/mol. The van der Waals surface area contributed by atoms with Crippen LogP contribution in [0.25, 0.3) is 0 Å². The van der Waals surface area contributed by atoms with E-state index in [0.29, 0.717) is 27.1 Å². The van der Waals surface area contributed by atoms with Gasteiger partial charge < -0.3 is 9.84 Å². The standard InChI is InChI=1S/C13H11Cl2NO2/c1-18-11-3-2-9(14)7-10(11)13(17)8-4-5-16-12(15)6-8/h2-7,13,17H,1H3. The highest BCUT2D eigenvalue weighted by atomic mass is 35.5. The number of nitrogens with zero attached hydrogens (tertiary/aromatic N) is 1. The summed E-state index contributed by atoms with van der Waals surface area (Å²) < 4.78 is 5.21. The largest absolute Gasteiger partial charge is 0.496 e. The number of hydrogen-bond donors (Lipinski definition) is 1. The van der Waals surface area contributed by atoms with Crippen molar-refractivity contribution in [2.24, 2.45) is 0 Å². The van der Waals surface area contributed by atoms with E-state index in [9.17, 15) is 5.11 Å². The van der Waals surface area contributed by atoms with E-state index in [1.807, 2.05) is 0 Å². The number of rotatable bonds is 3. The molecule has 3 nitrogen and oxygen atoms in total. The van der Waals surface area contributed by atoms with Crippen LogP contribution in [-0.2, 0) is 0 Å². The number of methoxy groups -OCH3 is 1. The third kappa shape index (κ3) is 2.75. The van der Waals surface area contributed by atoms with Gasteiger partial charge >= 0.3 is 0 Å². The summed E-state index contributed by atoms with van der Waals surface area (Å²) >= 11 is 11.7. The van der Waals surface area contributed by atoms with Gasteiger partial charge in [0.1, 0.15) is 17.0 Å². The highest BCUT2D eigenvalue weighted by molar-refractivity contribution is 6.30. The Bertz CT molecular complexity index is 560. The smallest absolute Gasteiger partial charge is 0.129 e. The second-order valence-electron chi connectivity index (χ2n) is 3.70. The van der Waals surface area contributed by atoms with Gasteiger partial charge in [-0.2, -0.15) is 0 Å². The van der Waals surface area contributed by atoms with Crippen LogP contribution in [-0.4, -0.2) is 17.2 Å². The molecule has 1 aromatic carbocycles. The van der Waals surface area contributed by atoms with Gasteiger partial charge in [0.15, 0.2) is 0 Å². The Labute approximate surface area is 115 Å². The Kier molecular flexibility index (Phi) is 4.07. The first-order valence-electron chi connectivity index (χ1n) is 5.25. The van der Waals surface area contributed by atoms with Crippen molar-refractivity contribution in [1.29, 1.82) is 0 Å². The Balaban J connectivity index is 2.44. The predicted octanol–water partition coefficient (Wildman–Crippen LogP) is 3.48. The lowest BCUT2D eigenvalue weighted by Crippen LogP contribution is -2.02. The molecular weight excluding hydrogens is 273 g/mol. The number of aromatic nitrogens is 1. The van der Waals surface area contributed by atoms with E-state index in [0.717, 1.165) is 0 Å². The molecule has 0 fully saturated rings. The van der Waals surface area contributed by atoms with Crippen molar-refractivity contribution in [2.45, 2.75) is 6.10 Å². The lowest BCUT2D eigenvalue weighted by atomic mass is 10.0. The summed E-state index contributed by atoms with van der Waals surface area (Å²) in [5.41, 5.74) is 1.22. The van der Waals surface area contributed by atoms with Gasteiger partial charge in [0, 0.05) is 16.8 Å². The van der Waals surface area contributed by atoms with Gasteiger partial charge in [-0.3, -0.25) is 0 Å². The highest BCUT2D eigenvalue weighted by Crippen LogP contribution is 2.32. The molecule has 0 spiro atoms. The molecule has 1 N–H and O–H groups in total. The maximum atomic E-state index is 10.3. The number of aliphatic hydroxyl groups is 1. The molecule has 18 heavy (non-hydrogen) atoms. The molecule has 0 aliphatic carbocycles. The second kappa shape index (κ2) is 5.57. The van der Waals surface area contributed by atoms with Crippen molar-refractivity contribution in [2.75, 3.05) is 7.11 Å². The summed E-state index contributed by atoms with van der Waals surface area (Å²) in [5, 5.41) is 11.2. The molecule has 0 bridgehead atoms. The second-order valence-corrected chi connectivity index (χ2v) is 4.52. The molecule has 94 valence electrons. The van der Waals surface area contributed by atoms with Crippen LogP contribution in [0.1, 0.15) is 17.2 Å². The van der Waals surface area contributed by atoms with Crippen molar-refractivity contribution < 1.29 is 9.84 Å². The molecule has 1 unspecified atom stereocenters. The van der Waals surface area contributed by atoms with E-state index < -0.39 is 6.10 Å². The zero-order valence-corrected chi connectivity index (χ0v) is 11.1. The van der Waals surface area contributed by atoms with Crippen molar-refractivity contribution in [3.8, 4) is 5.75 Å². The topological polar surface area (TPSA) is 42.4 Å². The molecule has 1 atom stereocenters. The Hall–Kier alpha value is -1.29. The van der Waals surface area contributed by atoms with E-state index in [-0.39, 0.29) is 0 Å². The van der Waals surface area contributed by atoms with Gasteiger partial charge in [0.05, 0.1) is 7.11 Å². The lowest BCUT2D eigenvalue weighted by Gasteiger charge is -2.15. The SMILES string of the molecule is COc1ccc(Cl)cc1C(O)c1ccnc(Cl)c1. The Morgan fingerprint density at radius 2 is 2.00 bits per heavy atom. The van der Waals surface area contributed by atoms with Crippen LogP contribution in [0.15, 0.2) is 36.5 Å². The number of ether oxygens (including phenoxy) is 1. The van der Waals surface area contributed by atoms with Crippen LogP contribution >= 0.6 is 23.2 Å². The van der Waals surface area contributed by atoms with Crippen LogP contribution in [0.5, 0.6) is 5.75 Å². The number of benzene rings is 1. The molecule has 0 saturated heterocycles. The summed E-state index contributed by atoms with van der Waals surface area (Å²) in [7, 11) is 1.54. The minimum absolute atomic E-state index is 0.326. The van der Waals surface area contributed by atoms with Gasteiger partial charge in [0.25, 0.3) is 0 Å². The van der Waals surface area contributed by atoms with Gasteiger partial charge in [-0.1, -0.05) is 23.2 Å². The first kappa shape index (κ1) is 13.1. The van der Waals surface area contributed by atoms with Crippen molar-refractivity contribution in [1.82, 2.24) is 4.98 Å². The fourth-order valence-electron chi connectivity index (χ4n) is 1.69.